The van der Waals surface area contributed by atoms with Gasteiger partial charge in [0.2, 0.25) is 0 Å². The van der Waals surface area contributed by atoms with Crippen molar-refractivity contribution >= 4 is 16.8 Å². The monoisotopic (exact) mass is 246 g/mol. The number of carboxylic acid groups (broad SMARTS) is 1. The first-order chi connectivity index (χ1) is 7.39. The minimum Gasteiger partial charge on any atom is -0.480 e. The summed E-state index contributed by atoms with van der Waals surface area (Å²) in [5, 5.41) is 9.13. The normalized spacial score (nSPS) is 28.7. The zero-order valence-electron chi connectivity index (χ0n) is 10.4. The molecule has 0 saturated heterocycles. The lowest BCUT2D eigenvalue weighted by Gasteiger charge is -2.31. The van der Waals surface area contributed by atoms with E-state index in [-0.39, 0.29) is 5.25 Å². The first-order valence-electron chi connectivity index (χ1n) is 6.03. The maximum atomic E-state index is 12.2. The summed E-state index contributed by atoms with van der Waals surface area (Å²) < 4.78 is 11.1. The van der Waals surface area contributed by atoms with Crippen LogP contribution in [0, 0.1) is 5.92 Å². The van der Waals surface area contributed by atoms with Crippen LogP contribution in [-0.2, 0) is 15.6 Å². The van der Waals surface area contributed by atoms with Gasteiger partial charge in [0.05, 0.1) is 0 Å². The van der Waals surface area contributed by atoms with Gasteiger partial charge in [-0.2, -0.15) is 0 Å². The highest BCUT2D eigenvalue weighted by Gasteiger charge is 2.39. The molecule has 1 aliphatic carbocycles. The number of carbonyl (C=O) groups is 1. The molecule has 0 aliphatic heterocycles. The zero-order chi connectivity index (χ0) is 12.3. The Hall–Kier alpha value is -0.380. The van der Waals surface area contributed by atoms with E-state index < -0.39 is 21.5 Å². The van der Waals surface area contributed by atoms with E-state index in [1.165, 1.54) is 6.42 Å². The van der Waals surface area contributed by atoms with Gasteiger partial charge < -0.3 is 5.11 Å². The van der Waals surface area contributed by atoms with Crippen LogP contribution in [0.3, 0.4) is 0 Å². The molecule has 94 valence electrons. The number of rotatable bonds is 4. The van der Waals surface area contributed by atoms with E-state index in [1.807, 2.05) is 0 Å². The predicted octanol–water partition coefficient (Wildman–Crippen LogP) is 2.57. The molecule has 1 unspecified atom stereocenters. The van der Waals surface area contributed by atoms with Gasteiger partial charge in [0.1, 0.15) is 4.75 Å². The molecule has 0 aromatic rings. The molecular formula is C12H22O3S. The van der Waals surface area contributed by atoms with Crippen LogP contribution < -0.4 is 0 Å². The molecule has 4 heteroatoms. The van der Waals surface area contributed by atoms with Crippen molar-refractivity contribution in [3.05, 3.63) is 0 Å². The highest BCUT2D eigenvalue weighted by Crippen LogP contribution is 2.32. The second-order valence-corrected chi connectivity index (χ2v) is 7.45. The molecule has 3 nitrogen and oxygen atoms in total. The molecule has 0 bridgehead atoms. The average Bonchev–Trinajstić information content (AvgIpc) is 2.28. The van der Waals surface area contributed by atoms with Gasteiger partial charge in [-0.3, -0.25) is 9.00 Å². The summed E-state index contributed by atoms with van der Waals surface area (Å²) in [6.45, 7) is 5.32. The van der Waals surface area contributed by atoms with Gasteiger partial charge in [0, 0.05) is 16.0 Å². The van der Waals surface area contributed by atoms with Gasteiger partial charge in [-0.1, -0.05) is 13.3 Å². The quantitative estimate of drug-likeness (QED) is 0.829. The summed E-state index contributed by atoms with van der Waals surface area (Å²) in [4.78, 5) is 11.0. The van der Waals surface area contributed by atoms with Crippen LogP contribution in [0.25, 0.3) is 0 Å². The third-order valence-corrected chi connectivity index (χ3v) is 5.95. The van der Waals surface area contributed by atoms with Crippen LogP contribution in [0.15, 0.2) is 0 Å². The fourth-order valence-electron chi connectivity index (χ4n) is 2.26. The fraction of sp³-hybridized carbons (Fsp3) is 0.917. The lowest BCUT2D eigenvalue weighted by Crippen LogP contribution is -2.42. The first-order valence-corrected chi connectivity index (χ1v) is 7.25. The van der Waals surface area contributed by atoms with Gasteiger partial charge in [-0.15, -0.1) is 0 Å². The minimum absolute atomic E-state index is 0.0777. The SMILES string of the molecule is CCC1CCC(S(=O)C(C)(C)C(=O)O)CC1. The van der Waals surface area contributed by atoms with Crippen LogP contribution in [0.1, 0.15) is 52.9 Å². The Balaban J connectivity index is 2.60. The van der Waals surface area contributed by atoms with E-state index >= 15 is 0 Å². The van der Waals surface area contributed by atoms with Crippen molar-refractivity contribution in [1.82, 2.24) is 0 Å². The van der Waals surface area contributed by atoms with Crippen LogP contribution >= 0.6 is 0 Å². The van der Waals surface area contributed by atoms with E-state index in [0.717, 1.165) is 31.6 Å². The van der Waals surface area contributed by atoms with Crippen molar-refractivity contribution in [2.75, 3.05) is 0 Å². The minimum atomic E-state index is -1.26. The Kier molecular flexibility index (Phi) is 4.53. The topological polar surface area (TPSA) is 54.4 Å². The van der Waals surface area contributed by atoms with E-state index in [1.54, 1.807) is 13.8 Å². The summed E-state index contributed by atoms with van der Waals surface area (Å²) >= 11 is 0. The van der Waals surface area contributed by atoms with Gasteiger partial charge in [-0.05, 0) is 45.4 Å². The van der Waals surface area contributed by atoms with Crippen LogP contribution in [0.5, 0.6) is 0 Å². The molecule has 0 amide bonds. The van der Waals surface area contributed by atoms with Crippen molar-refractivity contribution in [1.29, 1.82) is 0 Å². The Morgan fingerprint density at radius 1 is 1.31 bits per heavy atom. The van der Waals surface area contributed by atoms with Crippen LogP contribution in [0.4, 0.5) is 0 Å². The van der Waals surface area contributed by atoms with Crippen LogP contribution in [-0.4, -0.2) is 25.3 Å². The van der Waals surface area contributed by atoms with Crippen molar-refractivity contribution in [2.45, 2.75) is 62.9 Å². The van der Waals surface area contributed by atoms with E-state index in [2.05, 4.69) is 6.92 Å². The Morgan fingerprint density at radius 2 is 1.81 bits per heavy atom. The summed E-state index contributed by atoms with van der Waals surface area (Å²) in [6.07, 6.45) is 5.22. The lowest BCUT2D eigenvalue weighted by atomic mass is 9.87. The summed E-state index contributed by atoms with van der Waals surface area (Å²) in [6, 6.07) is 0. The van der Waals surface area contributed by atoms with Gasteiger partial charge >= 0.3 is 5.97 Å². The van der Waals surface area contributed by atoms with Gasteiger partial charge in [0.25, 0.3) is 0 Å². The summed E-state index contributed by atoms with van der Waals surface area (Å²) in [7, 11) is -1.26. The molecule has 1 rings (SSSR count). The molecule has 1 aliphatic rings. The van der Waals surface area contributed by atoms with Crippen molar-refractivity contribution in [3.63, 3.8) is 0 Å². The largest absolute Gasteiger partial charge is 0.480 e. The summed E-state index contributed by atoms with van der Waals surface area (Å²) in [5.74, 6) is -0.204. The van der Waals surface area contributed by atoms with Crippen molar-refractivity contribution < 1.29 is 14.1 Å². The van der Waals surface area contributed by atoms with Gasteiger partial charge in [-0.25, -0.2) is 0 Å². The second-order valence-electron chi connectivity index (χ2n) is 5.16. The molecule has 0 aromatic carbocycles. The van der Waals surface area contributed by atoms with Crippen molar-refractivity contribution in [3.8, 4) is 0 Å². The maximum absolute atomic E-state index is 12.2. The van der Waals surface area contributed by atoms with E-state index in [0.29, 0.717) is 0 Å². The molecule has 0 radical (unpaired) electrons. The number of carboxylic acids is 1. The smallest absolute Gasteiger partial charge is 0.321 e. The van der Waals surface area contributed by atoms with Crippen LogP contribution in [0.2, 0.25) is 0 Å². The van der Waals surface area contributed by atoms with Gasteiger partial charge in [0.15, 0.2) is 0 Å². The predicted molar refractivity (Wildman–Crippen MR) is 65.9 cm³/mol. The molecule has 1 N–H and O–H groups in total. The molecule has 1 fully saturated rings. The highest BCUT2D eigenvalue weighted by molar-refractivity contribution is 7.87. The second kappa shape index (κ2) is 5.30. The Bertz CT molecular complexity index is 278. The molecule has 0 heterocycles. The Morgan fingerprint density at radius 3 is 2.19 bits per heavy atom. The highest BCUT2D eigenvalue weighted by atomic mass is 32.2. The molecule has 1 atom stereocenters. The summed E-state index contributed by atoms with van der Waals surface area (Å²) in [5.41, 5.74) is 0. The molecule has 16 heavy (non-hydrogen) atoms. The molecule has 0 aromatic heterocycles. The maximum Gasteiger partial charge on any atom is 0.321 e. The van der Waals surface area contributed by atoms with E-state index in [9.17, 15) is 9.00 Å². The average molecular weight is 246 g/mol. The van der Waals surface area contributed by atoms with Crippen molar-refractivity contribution in [2.24, 2.45) is 5.92 Å². The third-order valence-electron chi connectivity index (χ3n) is 3.69. The zero-order valence-corrected chi connectivity index (χ0v) is 11.2. The number of aliphatic carboxylic acids is 1. The third kappa shape index (κ3) is 2.84. The molecule has 1 saturated carbocycles. The first kappa shape index (κ1) is 13.7. The fourth-order valence-corrected chi connectivity index (χ4v) is 3.96. The Labute approximate surface area is 100 Å². The standard InChI is InChI=1S/C12H22O3S/c1-4-9-5-7-10(8-6-9)16(15)12(2,3)11(13)14/h9-10H,4-8H2,1-3H3,(H,13,14). The molecule has 0 spiro atoms. The van der Waals surface area contributed by atoms with E-state index in [4.69, 9.17) is 5.11 Å². The lowest BCUT2D eigenvalue weighted by molar-refractivity contribution is -0.139. The number of hydrogen-bond acceptors (Lipinski definition) is 2. The molecular weight excluding hydrogens is 224 g/mol. The number of hydrogen-bond donors (Lipinski definition) is 1.